The number of benzene rings is 1. The van der Waals surface area contributed by atoms with Crippen LogP contribution in [-0.2, 0) is 6.54 Å². The Morgan fingerprint density at radius 2 is 2.04 bits per heavy atom. The van der Waals surface area contributed by atoms with E-state index in [1.807, 2.05) is 0 Å². The molecule has 0 bridgehead atoms. The van der Waals surface area contributed by atoms with Crippen LogP contribution in [0.3, 0.4) is 0 Å². The molecule has 0 radical (unpaired) electrons. The second-order valence-corrected chi connectivity index (χ2v) is 6.64. The summed E-state index contributed by atoms with van der Waals surface area (Å²) in [5, 5.41) is 14.4. The molecule has 5 nitrogen and oxygen atoms in total. The van der Waals surface area contributed by atoms with Gasteiger partial charge >= 0.3 is 6.36 Å². The second kappa shape index (κ2) is 6.59. The summed E-state index contributed by atoms with van der Waals surface area (Å²) in [5.74, 6) is -0.600. The minimum absolute atomic E-state index is 0.0596. The zero-order valence-electron chi connectivity index (χ0n) is 12.9. The Kier molecular flexibility index (Phi) is 4.64. The number of aromatic nitrogens is 3. The van der Waals surface area contributed by atoms with Crippen LogP contribution < -0.4 is 4.74 Å². The van der Waals surface area contributed by atoms with Gasteiger partial charge in [0.1, 0.15) is 24.2 Å². The first-order valence-corrected chi connectivity index (χ1v) is 7.91. The highest BCUT2D eigenvalue weighted by molar-refractivity contribution is 6.26. The Balaban J connectivity index is 1.76. The van der Waals surface area contributed by atoms with Crippen LogP contribution in [0.4, 0.5) is 13.2 Å². The highest BCUT2D eigenvalue weighted by Crippen LogP contribution is 2.50. The van der Waals surface area contributed by atoms with Gasteiger partial charge in [-0.2, -0.15) is 5.10 Å². The molecule has 1 aliphatic rings. The molecule has 1 saturated carbocycles. The lowest BCUT2D eigenvalue weighted by Crippen LogP contribution is -2.21. The summed E-state index contributed by atoms with van der Waals surface area (Å²) in [6.45, 7) is 0.447. The fourth-order valence-corrected chi connectivity index (χ4v) is 2.73. The van der Waals surface area contributed by atoms with Gasteiger partial charge in [0.25, 0.3) is 0 Å². The lowest BCUT2D eigenvalue weighted by molar-refractivity contribution is -0.274. The molecular formula is C16H15ClF3N3O2. The summed E-state index contributed by atoms with van der Waals surface area (Å²) < 4.78 is 42.0. The van der Waals surface area contributed by atoms with E-state index >= 15 is 0 Å². The molecule has 0 aliphatic heterocycles. The van der Waals surface area contributed by atoms with Crippen molar-refractivity contribution in [1.82, 2.24) is 14.8 Å². The topological polar surface area (TPSA) is 60.2 Å². The molecule has 9 heteroatoms. The molecule has 1 heterocycles. The Bertz CT molecular complexity index is 741. The molecule has 1 fully saturated rings. The molecule has 1 aromatic carbocycles. The Morgan fingerprint density at radius 3 is 2.56 bits per heavy atom. The lowest BCUT2D eigenvalue weighted by Gasteiger charge is -2.18. The number of halogens is 4. The van der Waals surface area contributed by atoms with Crippen molar-refractivity contribution in [3.63, 3.8) is 0 Å². The van der Waals surface area contributed by atoms with E-state index < -0.39 is 11.2 Å². The van der Waals surface area contributed by atoms with Gasteiger partial charge in [0, 0.05) is 11.5 Å². The highest BCUT2D eigenvalue weighted by Gasteiger charge is 2.47. The van der Waals surface area contributed by atoms with Gasteiger partial charge in [0.05, 0.1) is 11.4 Å². The van der Waals surface area contributed by atoms with Crippen LogP contribution in [0, 0.1) is 5.92 Å². The van der Waals surface area contributed by atoms with Crippen molar-refractivity contribution >= 4 is 17.4 Å². The number of aliphatic hydroxyl groups is 1. The highest BCUT2D eigenvalue weighted by atomic mass is 35.5. The largest absolute Gasteiger partial charge is 0.573 e. The Labute approximate surface area is 146 Å². The normalized spacial score (nSPS) is 18.0. The molecule has 0 amide bonds. The standard InChI is InChI=1S/C16H15ClF3N3O2/c17-15(5-6-15)12(8-23-10-21-9-22-23)7-14(24)11-1-3-13(4-2-11)25-16(18,19)20/h1-4,7,9-10,12,24H,5-6,8H2. The number of aliphatic hydroxyl groups excluding tert-OH is 1. The third-order valence-electron chi connectivity index (χ3n) is 3.99. The zero-order chi connectivity index (χ0) is 18.1. The molecule has 25 heavy (non-hydrogen) atoms. The number of hydrogen-bond acceptors (Lipinski definition) is 4. The molecule has 1 unspecified atom stereocenters. The van der Waals surface area contributed by atoms with E-state index in [1.54, 1.807) is 17.1 Å². The second-order valence-electron chi connectivity index (χ2n) is 5.88. The summed E-state index contributed by atoms with van der Waals surface area (Å²) in [6, 6.07) is 5.00. The molecular weight excluding hydrogens is 359 g/mol. The van der Waals surface area contributed by atoms with Crippen LogP contribution in [-0.4, -0.2) is 31.1 Å². The quantitative estimate of drug-likeness (QED) is 0.610. The molecule has 1 N–H and O–H groups in total. The van der Waals surface area contributed by atoms with E-state index in [4.69, 9.17) is 11.6 Å². The minimum Gasteiger partial charge on any atom is -0.508 e. The first kappa shape index (κ1) is 17.6. The molecule has 134 valence electrons. The van der Waals surface area contributed by atoms with Crippen LogP contribution >= 0.6 is 11.6 Å². The first-order chi connectivity index (χ1) is 11.8. The number of rotatable bonds is 6. The average molecular weight is 374 g/mol. The van der Waals surface area contributed by atoms with Crippen molar-refractivity contribution < 1.29 is 23.0 Å². The summed E-state index contributed by atoms with van der Waals surface area (Å²) in [7, 11) is 0. The molecule has 1 aliphatic carbocycles. The predicted molar refractivity (Wildman–Crippen MR) is 85.1 cm³/mol. The maximum Gasteiger partial charge on any atom is 0.573 e. The van der Waals surface area contributed by atoms with E-state index in [-0.39, 0.29) is 17.4 Å². The van der Waals surface area contributed by atoms with E-state index in [1.165, 1.54) is 18.5 Å². The zero-order valence-corrected chi connectivity index (χ0v) is 13.7. The van der Waals surface area contributed by atoms with Gasteiger partial charge in [-0.1, -0.05) is 0 Å². The van der Waals surface area contributed by atoms with Crippen molar-refractivity contribution in [2.75, 3.05) is 0 Å². The molecule has 0 saturated heterocycles. The van der Waals surface area contributed by atoms with Crippen LogP contribution in [0.2, 0.25) is 0 Å². The van der Waals surface area contributed by atoms with Gasteiger partial charge in [-0.05, 0) is 43.2 Å². The maximum absolute atomic E-state index is 12.2. The maximum atomic E-state index is 12.2. The van der Waals surface area contributed by atoms with E-state index in [2.05, 4.69) is 14.8 Å². The smallest absolute Gasteiger partial charge is 0.508 e. The molecule has 0 spiro atoms. The minimum atomic E-state index is -4.75. The van der Waals surface area contributed by atoms with Gasteiger partial charge in [-0.15, -0.1) is 24.8 Å². The van der Waals surface area contributed by atoms with Gasteiger partial charge in [-0.25, -0.2) is 4.98 Å². The monoisotopic (exact) mass is 373 g/mol. The number of nitrogens with zero attached hydrogens (tertiary/aromatic N) is 3. The summed E-state index contributed by atoms with van der Waals surface area (Å²) in [6.07, 6.45) is 1.46. The molecule has 1 atom stereocenters. The van der Waals surface area contributed by atoms with Crippen molar-refractivity contribution in [3.8, 4) is 5.75 Å². The van der Waals surface area contributed by atoms with Crippen LogP contribution in [0.1, 0.15) is 18.4 Å². The fraction of sp³-hybridized carbons (Fsp3) is 0.375. The van der Waals surface area contributed by atoms with Gasteiger partial charge < -0.3 is 9.84 Å². The molecule has 3 rings (SSSR count). The number of ether oxygens (including phenoxy) is 1. The van der Waals surface area contributed by atoms with Crippen LogP contribution in [0.25, 0.3) is 5.76 Å². The lowest BCUT2D eigenvalue weighted by atomic mass is 10.00. The Morgan fingerprint density at radius 1 is 1.36 bits per heavy atom. The summed E-state index contributed by atoms with van der Waals surface area (Å²) in [4.78, 5) is 3.43. The third kappa shape index (κ3) is 4.66. The van der Waals surface area contributed by atoms with Crippen molar-refractivity contribution in [2.45, 2.75) is 30.6 Å². The SMILES string of the molecule is OC(=CC(Cn1cncn1)C1(Cl)CC1)c1ccc(OC(F)(F)F)cc1. The summed E-state index contributed by atoms with van der Waals surface area (Å²) >= 11 is 6.49. The van der Waals surface area contributed by atoms with Gasteiger partial charge in [0.2, 0.25) is 0 Å². The first-order valence-electron chi connectivity index (χ1n) is 7.53. The van der Waals surface area contributed by atoms with Crippen molar-refractivity contribution in [1.29, 1.82) is 0 Å². The van der Waals surface area contributed by atoms with Crippen molar-refractivity contribution in [2.24, 2.45) is 5.92 Å². The Hall–Kier alpha value is -2.22. The van der Waals surface area contributed by atoms with E-state index in [9.17, 15) is 18.3 Å². The van der Waals surface area contributed by atoms with E-state index in [0.717, 1.165) is 25.0 Å². The molecule has 1 aromatic heterocycles. The number of allylic oxidation sites excluding steroid dienone is 1. The third-order valence-corrected chi connectivity index (χ3v) is 4.64. The average Bonchev–Trinajstić information content (AvgIpc) is 3.07. The summed E-state index contributed by atoms with van der Waals surface area (Å²) in [5.41, 5.74) is 0.374. The predicted octanol–water partition coefficient (Wildman–Crippen LogP) is 4.16. The van der Waals surface area contributed by atoms with Crippen molar-refractivity contribution in [3.05, 3.63) is 48.6 Å². The van der Waals surface area contributed by atoms with Crippen LogP contribution in [0.5, 0.6) is 5.75 Å². The van der Waals surface area contributed by atoms with Crippen LogP contribution in [0.15, 0.2) is 43.0 Å². The number of alkyl halides is 4. The van der Waals surface area contributed by atoms with E-state index in [0.29, 0.717) is 12.1 Å². The fourth-order valence-electron chi connectivity index (χ4n) is 2.50. The van der Waals surface area contributed by atoms with Gasteiger partial charge in [-0.3, -0.25) is 4.68 Å². The van der Waals surface area contributed by atoms with Gasteiger partial charge in [0.15, 0.2) is 0 Å². The molecule has 2 aromatic rings. The number of hydrogen-bond donors (Lipinski definition) is 1.